The second kappa shape index (κ2) is 5.32. The van der Waals surface area contributed by atoms with E-state index in [4.69, 9.17) is 11.6 Å². The molecule has 0 bridgehead atoms. The minimum Gasteiger partial charge on any atom is -0.227 e. The van der Waals surface area contributed by atoms with Crippen LogP contribution in [0.3, 0.4) is 0 Å². The standard InChI is InChI=1S/C11H7BrClF3N2/c12-4-6-5-17-18(9(6)11(15)16)10-7(13)2-1-3-8(10)14/h1-3,5,11H,4H2. The van der Waals surface area contributed by atoms with Gasteiger partial charge in [-0.05, 0) is 12.1 Å². The molecule has 0 spiro atoms. The number of aromatic nitrogens is 2. The summed E-state index contributed by atoms with van der Waals surface area (Å²) in [4.78, 5) is 0. The molecule has 0 aliphatic heterocycles. The van der Waals surface area contributed by atoms with Gasteiger partial charge >= 0.3 is 0 Å². The number of hydrogen-bond donors (Lipinski definition) is 0. The molecule has 0 saturated carbocycles. The van der Waals surface area contributed by atoms with Gasteiger partial charge in [-0.25, -0.2) is 17.9 Å². The molecule has 0 saturated heterocycles. The Balaban J connectivity index is 2.68. The third-order valence-electron chi connectivity index (χ3n) is 2.39. The maximum atomic E-state index is 13.7. The van der Waals surface area contributed by atoms with E-state index in [1.807, 2.05) is 0 Å². The van der Waals surface area contributed by atoms with Crippen molar-refractivity contribution in [3.63, 3.8) is 0 Å². The van der Waals surface area contributed by atoms with Crippen molar-refractivity contribution in [2.24, 2.45) is 0 Å². The normalized spacial score (nSPS) is 11.2. The molecular formula is C11H7BrClF3N2. The minimum absolute atomic E-state index is 0.0288. The summed E-state index contributed by atoms with van der Waals surface area (Å²) in [6.07, 6.45) is -1.50. The van der Waals surface area contributed by atoms with Gasteiger partial charge in [-0.1, -0.05) is 33.6 Å². The van der Waals surface area contributed by atoms with Gasteiger partial charge in [0.2, 0.25) is 0 Å². The van der Waals surface area contributed by atoms with Crippen LogP contribution in [0.15, 0.2) is 24.4 Å². The van der Waals surface area contributed by atoms with Crippen molar-refractivity contribution in [1.82, 2.24) is 9.78 Å². The van der Waals surface area contributed by atoms with Crippen LogP contribution in [0.5, 0.6) is 0 Å². The van der Waals surface area contributed by atoms with Gasteiger partial charge in [0.15, 0.2) is 0 Å². The first-order valence-corrected chi connectivity index (χ1v) is 6.41. The van der Waals surface area contributed by atoms with E-state index < -0.39 is 12.2 Å². The van der Waals surface area contributed by atoms with E-state index in [1.54, 1.807) is 0 Å². The SMILES string of the molecule is Fc1cccc(Cl)c1-n1ncc(CBr)c1C(F)F. The molecule has 1 aromatic carbocycles. The molecule has 0 unspecified atom stereocenters. The number of para-hydroxylation sites is 1. The zero-order chi connectivity index (χ0) is 13.3. The van der Waals surface area contributed by atoms with Crippen LogP contribution in [0.4, 0.5) is 13.2 Å². The molecule has 0 amide bonds. The molecule has 1 heterocycles. The van der Waals surface area contributed by atoms with Crippen molar-refractivity contribution < 1.29 is 13.2 Å². The molecule has 0 atom stereocenters. The van der Waals surface area contributed by atoms with E-state index in [1.165, 1.54) is 18.3 Å². The highest BCUT2D eigenvalue weighted by Gasteiger charge is 2.23. The maximum Gasteiger partial charge on any atom is 0.280 e. The zero-order valence-electron chi connectivity index (χ0n) is 8.88. The summed E-state index contributed by atoms with van der Waals surface area (Å²) >= 11 is 8.92. The van der Waals surface area contributed by atoms with Crippen LogP contribution >= 0.6 is 27.5 Å². The first kappa shape index (κ1) is 13.4. The second-order valence-electron chi connectivity index (χ2n) is 3.47. The molecule has 2 aromatic rings. The van der Waals surface area contributed by atoms with Gasteiger partial charge in [-0.3, -0.25) is 0 Å². The smallest absolute Gasteiger partial charge is 0.227 e. The Bertz CT molecular complexity index is 551. The lowest BCUT2D eigenvalue weighted by Crippen LogP contribution is -2.06. The summed E-state index contributed by atoms with van der Waals surface area (Å²) in [7, 11) is 0. The third-order valence-corrected chi connectivity index (χ3v) is 3.30. The number of benzene rings is 1. The van der Waals surface area contributed by atoms with Crippen LogP contribution in [0.2, 0.25) is 5.02 Å². The van der Waals surface area contributed by atoms with Crippen LogP contribution in [-0.2, 0) is 5.33 Å². The predicted molar refractivity (Wildman–Crippen MR) is 66.1 cm³/mol. The van der Waals surface area contributed by atoms with Crippen molar-refractivity contribution in [3.8, 4) is 5.69 Å². The minimum atomic E-state index is -2.77. The number of nitrogens with zero attached hydrogens (tertiary/aromatic N) is 2. The van der Waals surface area contributed by atoms with E-state index >= 15 is 0 Å². The van der Waals surface area contributed by atoms with Crippen LogP contribution in [-0.4, -0.2) is 9.78 Å². The molecule has 0 N–H and O–H groups in total. The fourth-order valence-corrected chi connectivity index (χ4v) is 2.27. The van der Waals surface area contributed by atoms with Gasteiger partial charge in [0.25, 0.3) is 6.43 Å². The summed E-state index contributed by atoms with van der Waals surface area (Å²) in [5.74, 6) is -0.700. The van der Waals surface area contributed by atoms with Gasteiger partial charge in [0.1, 0.15) is 17.2 Å². The Morgan fingerprint density at radius 2 is 2.11 bits per heavy atom. The molecule has 18 heavy (non-hydrogen) atoms. The van der Waals surface area contributed by atoms with Crippen molar-refractivity contribution in [3.05, 3.63) is 46.5 Å². The predicted octanol–water partition coefficient (Wildman–Crippen LogP) is 4.50. The lowest BCUT2D eigenvalue weighted by atomic mass is 10.2. The van der Waals surface area contributed by atoms with E-state index in [9.17, 15) is 13.2 Å². The number of halogens is 5. The summed E-state index contributed by atoms with van der Waals surface area (Å²) in [5, 5.41) is 4.02. The van der Waals surface area contributed by atoms with Crippen LogP contribution in [0.25, 0.3) is 5.69 Å². The molecule has 7 heteroatoms. The fraction of sp³-hybridized carbons (Fsp3) is 0.182. The summed E-state index contributed by atoms with van der Waals surface area (Å²) in [6, 6.07) is 3.97. The summed E-state index contributed by atoms with van der Waals surface area (Å²) in [5.41, 5.74) is -0.232. The molecular weight excluding hydrogens is 332 g/mol. The van der Waals surface area contributed by atoms with E-state index in [0.717, 1.165) is 10.7 Å². The molecule has 0 fully saturated rings. The highest BCUT2D eigenvalue weighted by molar-refractivity contribution is 9.08. The van der Waals surface area contributed by atoms with Gasteiger partial charge in [-0.15, -0.1) is 0 Å². The average molecular weight is 340 g/mol. The largest absolute Gasteiger partial charge is 0.280 e. The van der Waals surface area contributed by atoms with Gasteiger partial charge in [-0.2, -0.15) is 5.10 Å². The third kappa shape index (κ3) is 2.27. The fourth-order valence-electron chi connectivity index (χ4n) is 1.60. The Kier molecular flexibility index (Phi) is 3.97. The lowest BCUT2D eigenvalue weighted by molar-refractivity contribution is 0.142. The second-order valence-corrected chi connectivity index (χ2v) is 4.44. The number of rotatable bonds is 3. The molecule has 0 aliphatic carbocycles. The summed E-state index contributed by atoms with van der Waals surface area (Å²) < 4.78 is 40.6. The average Bonchev–Trinajstić information content (AvgIpc) is 2.72. The number of alkyl halides is 3. The Morgan fingerprint density at radius 3 is 2.67 bits per heavy atom. The maximum absolute atomic E-state index is 13.7. The Morgan fingerprint density at radius 1 is 1.39 bits per heavy atom. The van der Waals surface area contributed by atoms with Gasteiger partial charge in [0.05, 0.1) is 11.2 Å². The molecule has 0 aliphatic rings. The topological polar surface area (TPSA) is 17.8 Å². The first-order valence-electron chi connectivity index (χ1n) is 4.91. The first-order chi connectivity index (χ1) is 8.56. The highest BCUT2D eigenvalue weighted by atomic mass is 79.9. The van der Waals surface area contributed by atoms with Crippen molar-refractivity contribution in [1.29, 1.82) is 0 Å². The van der Waals surface area contributed by atoms with Gasteiger partial charge in [0, 0.05) is 10.9 Å². The number of hydrogen-bond acceptors (Lipinski definition) is 1. The van der Waals surface area contributed by atoms with Crippen molar-refractivity contribution in [2.75, 3.05) is 0 Å². The molecule has 0 radical (unpaired) electrons. The molecule has 96 valence electrons. The zero-order valence-corrected chi connectivity index (χ0v) is 11.2. The van der Waals surface area contributed by atoms with Crippen LogP contribution in [0, 0.1) is 5.82 Å². The van der Waals surface area contributed by atoms with E-state index in [2.05, 4.69) is 21.0 Å². The van der Waals surface area contributed by atoms with E-state index in [-0.39, 0.29) is 21.7 Å². The monoisotopic (exact) mass is 338 g/mol. The van der Waals surface area contributed by atoms with E-state index in [0.29, 0.717) is 5.56 Å². The lowest BCUT2D eigenvalue weighted by Gasteiger charge is -2.10. The van der Waals surface area contributed by atoms with Gasteiger partial charge < -0.3 is 0 Å². The molecule has 2 rings (SSSR count). The Labute approximate surface area is 114 Å². The summed E-state index contributed by atoms with van der Waals surface area (Å²) in [6.45, 7) is 0. The van der Waals surface area contributed by atoms with Crippen molar-refractivity contribution in [2.45, 2.75) is 11.8 Å². The van der Waals surface area contributed by atoms with Crippen LogP contribution < -0.4 is 0 Å². The van der Waals surface area contributed by atoms with Crippen molar-refractivity contribution >= 4 is 27.5 Å². The van der Waals surface area contributed by atoms with Crippen LogP contribution in [0.1, 0.15) is 17.7 Å². The quantitative estimate of drug-likeness (QED) is 0.753. The molecule has 1 aromatic heterocycles. The highest BCUT2D eigenvalue weighted by Crippen LogP contribution is 2.31. The Hall–Kier alpha value is -1.01. The molecule has 2 nitrogen and oxygen atoms in total.